The Labute approximate surface area is 258 Å². The lowest BCUT2D eigenvalue weighted by Gasteiger charge is -2.07. The molecule has 2 amide bonds. The van der Waals surface area contributed by atoms with Gasteiger partial charge in [-0.15, -0.1) is 0 Å². The molecular formula is C34H68N2O2S2. The Kier molecular flexibility index (Phi) is 34.5. The second-order valence-corrected chi connectivity index (χ2v) is 14.3. The van der Waals surface area contributed by atoms with E-state index >= 15 is 0 Å². The van der Waals surface area contributed by atoms with Crippen LogP contribution < -0.4 is 10.6 Å². The molecule has 0 aromatic heterocycles. The minimum Gasteiger partial charge on any atom is -0.355 e. The fourth-order valence-electron chi connectivity index (χ4n) is 5.01. The van der Waals surface area contributed by atoms with E-state index in [-0.39, 0.29) is 11.8 Å². The third-order valence-electron chi connectivity index (χ3n) is 7.61. The summed E-state index contributed by atoms with van der Waals surface area (Å²) in [5, 5.41) is 6.09. The van der Waals surface area contributed by atoms with Gasteiger partial charge in [-0.05, 0) is 12.8 Å². The second-order valence-electron chi connectivity index (χ2n) is 11.6. The van der Waals surface area contributed by atoms with Crippen LogP contribution in [0.15, 0.2) is 0 Å². The van der Waals surface area contributed by atoms with Crippen LogP contribution in [-0.4, -0.2) is 36.4 Å². The number of carbonyl (C=O) groups is 2. The number of carbonyl (C=O) groups excluding carboxylic acids is 2. The fourth-order valence-corrected chi connectivity index (χ4v) is 6.83. The zero-order valence-electron chi connectivity index (χ0n) is 26.8. The third kappa shape index (κ3) is 33.8. The van der Waals surface area contributed by atoms with Gasteiger partial charge in [-0.2, -0.15) is 0 Å². The average Bonchev–Trinajstić information content (AvgIpc) is 2.95. The molecule has 0 fully saturated rings. The van der Waals surface area contributed by atoms with Crippen molar-refractivity contribution in [3.63, 3.8) is 0 Å². The van der Waals surface area contributed by atoms with Crippen molar-refractivity contribution in [1.29, 1.82) is 0 Å². The number of amides is 2. The van der Waals surface area contributed by atoms with Crippen LogP contribution in [0.2, 0.25) is 0 Å². The van der Waals surface area contributed by atoms with E-state index in [0.29, 0.717) is 12.8 Å². The number of rotatable bonds is 33. The molecular weight excluding hydrogens is 533 g/mol. The van der Waals surface area contributed by atoms with E-state index in [0.717, 1.165) is 37.4 Å². The maximum Gasteiger partial charge on any atom is 0.220 e. The molecule has 0 bridgehead atoms. The first-order valence-corrected chi connectivity index (χ1v) is 20.0. The van der Waals surface area contributed by atoms with Crippen molar-refractivity contribution in [1.82, 2.24) is 10.6 Å². The highest BCUT2D eigenvalue weighted by Crippen LogP contribution is 2.19. The lowest BCUT2D eigenvalue weighted by atomic mass is 10.0. The predicted molar refractivity (Wildman–Crippen MR) is 182 cm³/mol. The first-order chi connectivity index (χ1) is 19.7. The monoisotopic (exact) mass is 600 g/mol. The molecule has 0 aliphatic heterocycles. The van der Waals surface area contributed by atoms with Gasteiger partial charge in [0.1, 0.15) is 0 Å². The minimum absolute atomic E-state index is 0.197. The molecule has 2 N–H and O–H groups in total. The molecule has 0 radical (unpaired) electrons. The SMILES string of the molecule is CCCCCCCCCCCCCCC(=O)NCCSSCCNC(=O)CCCCCCCCCCCCCC. The van der Waals surface area contributed by atoms with Crippen LogP contribution in [0.3, 0.4) is 0 Å². The van der Waals surface area contributed by atoms with Crippen molar-refractivity contribution < 1.29 is 9.59 Å². The second kappa shape index (κ2) is 34.8. The Morgan fingerprint density at radius 2 is 0.650 bits per heavy atom. The molecule has 0 aliphatic carbocycles. The first kappa shape index (κ1) is 39.6. The van der Waals surface area contributed by atoms with Gasteiger partial charge in [0.05, 0.1) is 0 Å². The summed E-state index contributed by atoms with van der Waals surface area (Å²) in [6.45, 7) is 6.02. The molecule has 0 aromatic carbocycles. The number of hydrogen-bond donors (Lipinski definition) is 2. The number of hydrogen-bond acceptors (Lipinski definition) is 4. The number of unbranched alkanes of at least 4 members (excludes halogenated alkanes) is 22. The van der Waals surface area contributed by atoms with Crippen LogP contribution in [0.5, 0.6) is 0 Å². The van der Waals surface area contributed by atoms with E-state index in [9.17, 15) is 9.59 Å². The molecule has 6 heteroatoms. The van der Waals surface area contributed by atoms with Crippen LogP contribution in [0.25, 0.3) is 0 Å². The van der Waals surface area contributed by atoms with Gasteiger partial charge in [-0.25, -0.2) is 0 Å². The number of nitrogens with one attached hydrogen (secondary N) is 2. The average molecular weight is 601 g/mol. The molecule has 0 rings (SSSR count). The van der Waals surface area contributed by atoms with E-state index in [1.165, 1.54) is 141 Å². The summed E-state index contributed by atoms with van der Waals surface area (Å²) in [5.41, 5.74) is 0. The van der Waals surface area contributed by atoms with E-state index in [4.69, 9.17) is 0 Å². The Hall–Kier alpha value is -0.360. The van der Waals surface area contributed by atoms with Gasteiger partial charge in [0, 0.05) is 37.4 Å². The quantitative estimate of drug-likeness (QED) is 0.0581. The van der Waals surface area contributed by atoms with Gasteiger partial charge in [0.25, 0.3) is 0 Å². The van der Waals surface area contributed by atoms with Gasteiger partial charge in [-0.1, -0.05) is 177 Å². The first-order valence-electron chi connectivity index (χ1n) is 17.5. The van der Waals surface area contributed by atoms with Crippen LogP contribution in [0.1, 0.15) is 181 Å². The highest BCUT2D eigenvalue weighted by molar-refractivity contribution is 8.76. The summed E-state index contributed by atoms with van der Waals surface area (Å²) in [6.07, 6.45) is 33.1. The molecule has 0 aromatic rings. The van der Waals surface area contributed by atoms with E-state index < -0.39 is 0 Å². The minimum atomic E-state index is 0.197. The maximum absolute atomic E-state index is 12.0. The van der Waals surface area contributed by atoms with Crippen LogP contribution in [-0.2, 0) is 9.59 Å². The van der Waals surface area contributed by atoms with Crippen LogP contribution >= 0.6 is 21.6 Å². The topological polar surface area (TPSA) is 58.2 Å². The molecule has 0 heterocycles. The summed E-state index contributed by atoms with van der Waals surface area (Å²) >= 11 is 0. The predicted octanol–water partition coefficient (Wildman–Crippen LogP) is 10.8. The Morgan fingerprint density at radius 1 is 0.400 bits per heavy atom. The van der Waals surface area contributed by atoms with E-state index in [1.807, 2.05) is 0 Å². The maximum atomic E-state index is 12.0. The normalized spacial score (nSPS) is 11.2. The molecule has 0 atom stereocenters. The highest BCUT2D eigenvalue weighted by atomic mass is 33.1. The zero-order valence-corrected chi connectivity index (χ0v) is 28.5. The van der Waals surface area contributed by atoms with Crippen molar-refractivity contribution >= 4 is 33.4 Å². The molecule has 238 valence electrons. The summed E-state index contributed by atoms with van der Waals surface area (Å²) in [7, 11) is 3.56. The van der Waals surface area contributed by atoms with Gasteiger partial charge in [0.2, 0.25) is 11.8 Å². The van der Waals surface area contributed by atoms with Gasteiger partial charge in [0.15, 0.2) is 0 Å². The van der Waals surface area contributed by atoms with Gasteiger partial charge >= 0.3 is 0 Å². The standard InChI is InChI=1S/C34H68N2O2S2/c1-3-5-7-9-11-13-15-17-19-21-23-25-27-33(37)35-29-31-39-40-32-30-36-34(38)28-26-24-22-20-18-16-14-12-10-8-6-4-2/h3-32H2,1-2H3,(H,35,37)(H,36,38). The van der Waals surface area contributed by atoms with Crippen LogP contribution in [0, 0.1) is 0 Å². The molecule has 0 unspecified atom stereocenters. The van der Waals surface area contributed by atoms with Crippen molar-refractivity contribution in [2.45, 2.75) is 181 Å². The molecule has 0 saturated heterocycles. The zero-order chi connectivity index (χ0) is 29.2. The largest absolute Gasteiger partial charge is 0.355 e. The Morgan fingerprint density at radius 3 is 0.925 bits per heavy atom. The van der Waals surface area contributed by atoms with Crippen LogP contribution in [0.4, 0.5) is 0 Å². The molecule has 0 spiro atoms. The lowest BCUT2D eigenvalue weighted by Crippen LogP contribution is -2.26. The Bertz CT molecular complexity index is 488. The Balaban J connectivity index is 3.25. The van der Waals surface area contributed by atoms with Crippen molar-refractivity contribution in [2.24, 2.45) is 0 Å². The molecule has 0 aliphatic rings. The summed E-state index contributed by atoms with van der Waals surface area (Å²) in [4.78, 5) is 24.0. The fraction of sp³-hybridized carbons (Fsp3) is 0.941. The molecule has 40 heavy (non-hydrogen) atoms. The lowest BCUT2D eigenvalue weighted by molar-refractivity contribution is -0.121. The highest BCUT2D eigenvalue weighted by Gasteiger charge is 2.03. The molecule has 4 nitrogen and oxygen atoms in total. The molecule has 0 saturated carbocycles. The smallest absolute Gasteiger partial charge is 0.220 e. The van der Waals surface area contributed by atoms with Gasteiger partial charge in [-0.3, -0.25) is 9.59 Å². The van der Waals surface area contributed by atoms with Crippen molar-refractivity contribution in [3.8, 4) is 0 Å². The van der Waals surface area contributed by atoms with Crippen molar-refractivity contribution in [2.75, 3.05) is 24.6 Å². The van der Waals surface area contributed by atoms with Gasteiger partial charge < -0.3 is 10.6 Å². The summed E-state index contributed by atoms with van der Waals surface area (Å²) in [5.74, 6) is 2.23. The van der Waals surface area contributed by atoms with E-state index in [1.54, 1.807) is 21.6 Å². The summed E-state index contributed by atoms with van der Waals surface area (Å²) < 4.78 is 0. The summed E-state index contributed by atoms with van der Waals surface area (Å²) in [6, 6.07) is 0. The van der Waals surface area contributed by atoms with Crippen molar-refractivity contribution in [3.05, 3.63) is 0 Å². The van der Waals surface area contributed by atoms with E-state index in [2.05, 4.69) is 24.5 Å². The third-order valence-corrected chi connectivity index (χ3v) is 10.0.